The molecule has 1 unspecified atom stereocenters. The molecule has 3 aliphatic rings. The topological polar surface area (TPSA) is 61.7 Å². The van der Waals surface area contributed by atoms with E-state index in [4.69, 9.17) is 14.2 Å². The predicted molar refractivity (Wildman–Crippen MR) is 163 cm³/mol. The van der Waals surface area contributed by atoms with Crippen molar-refractivity contribution in [2.45, 2.75) is 83.5 Å². The van der Waals surface area contributed by atoms with Gasteiger partial charge in [0.05, 0.1) is 24.4 Å². The third-order valence-corrected chi connectivity index (χ3v) is 8.54. The zero-order valence-electron chi connectivity index (χ0n) is 24.3. The van der Waals surface area contributed by atoms with Gasteiger partial charge in [0.15, 0.2) is 0 Å². The number of aromatic nitrogens is 1. The van der Waals surface area contributed by atoms with E-state index in [0.29, 0.717) is 18.4 Å². The summed E-state index contributed by atoms with van der Waals surface area (Å²) in [5, 5.41) is 4.50. The van der Waals surface area contributed by atoms with Crippen LogP contribution in [-0.4, -0.2) is 43.5 Å². The van der Waals surface area contributed by atoms with Crippen LogP contribution in [0.1, 0.15) is 76.8 Å². The van der Waals surface area contributed by atoms with Gasteiger partial charge in [0.2, 0.25) is 0 Å². The van der Waals surface area contributed by atoms with Crippen molar-refractivity contribution >= 4 is 28.6 Å². The lowest BCUT2D eigenvalue weighted by Crippen LogP contribution is -2.25. The van der Waals surface area contributed by atoms with Crippen molar-refractivity contribution in [1.29, 1.82) is 0 Å². The molecule has 6 rings (SSSR count). The summed E-state index contributed by atoms with van der Waals surface area (Å²) in [4.78, 5) is 9.88. The Morgan fingerprint density at radius 2 is 1.82 bits per heavy atom. The second-order valence-corrected chi connectivity index (χ2v) is 11.4. The first-order valence-electron chi connectivity index (χ1n) is 15.0. The van der Waals surface area contributed by atoms with Crippen LogP contribution >= 0.6 is 0 Å². The monoisotopic (exact) mass is 544 g/mol. The van der Waals surface area contributed by atoms with E-state index in [1.54, 1.807) is 0 Å². The van der Waals surface area contributed by atoms with Crippen LogP contribution in [0.2, 0.25) is 0 Å². The third kappa shape index (κ3) is 6.22. The number of hydrogen-bond acceptors (Lipinski definition) is 5. The molecule has 6 heteroatoms. The van der Waals surface area contributed by atoms with Gasteiger partial charge in [0.1, 0.15) is 18.0 Å². The van der Waals surface area contributed by atoms with E-state index in [1.807, 2.05) is 14.0 Å². The Labute approximate surface area is 238 Å². The Hall–Kier alpha value is -3.25. The van der Waals surface area contributed by atoms with Crippen LogP contribution in [-0.2, 0) is 14.3 Å². The molecule has 2 aromatic carbocycles. The van der Waals surface area contributed by atoms with Crippen LogP contribution in [0.25, 0.3) is 27.7 Å². The maximum atomic E-state index is 9.88. The highest BCUT2D eigenvalue weighted by Gasteiger charge is 2.31. The van der Waals surface area contributed by atoms with Crippen LogP contribution in [0.15, 0.2) is 49.0 Å². The lowest BCUT2D eigenvalue weighted by Gasteiger charge is -2.30. The number of fused-ring (bicyclic) bond motifs is 1. The average Bonchev–Trinajstić information content (AvgIpc) is 3.74. The Morgan fingerprint density at radius 3 is 2.38 bits per heavy atom. The summed E-state index contributed by atoms with van der Waals surface area (Å²) in [5.74, 6) is 1.64. The van der Waals surface area contributed by atoms with Crippen LogP contribution in [0.4, 0.5) is 5.69 Å². The van der Waals surface area contributed by atoms with E-state index in [2.05, 4.69) is 65.9 Å². The molecule has 1 N–H and O–H groups in total. The minimum absolute atomic E-state index is 0.211. The third-order valence-electron chi connectivity index (χ3n) is 8.54. The molecule has 1 saturated heterocycles. The molecule has 0 spiro atoms. The highest BCUT2D eigenvalue weighted by Crippen LogP contribution is 2.45. The zero-order chi connectivity index (χ0) is 28.1. The SMILES string of the molecule is C=C(C)c1c(-c2ccc(NC)cc2)n(C2CCC2)c2cc(OC3CCOCC3)ccc12.CCC(OC=O)C1CC1. The Kier molecular flexibility index (Phi) is 9.15. The molecule has 1 atom stereocenters. The number of nitrogens with one attached hydrogen (secondary N) is 1. The molecule has 0 amide bonds. The van der Waals surface area contributed by atoms with E-state index >= 15 is 0 Å². The fraction of sp³-hybridized carbons (Fsp3) is 0.500. The Bertz CT molecular complexity index is 1300. The smallest absolute Gasteiger partial charge is 0.293 e. The summed E-state index contributed by atoms with van der Waals surface area (Å²) >= 11 is 0. The van der Waals surface area contributed by atoms with Crippen molar-refractivity contribution in [2.24, 2.45) is 5.92 Å². The van der Waals surface area contributed by atoms with Gasteiger partial charge in [-0.05, 0) is 86.8 Å². The quantitative estimate of drug-likeness (QED) is 0.262. The summed E-state index contributed by atoms with van der Waals surface area (Å²) in [5.41, 5.74) is 7.29. The number of benzene rings is 2. The molecule has 3 aromatic rings. The van der Waals surface area contributed by atoms with Crippen LogP contribution in [0, 0.1) is 5.92 Å². The lowest BCUT2D eigenvalue weighted by atomic mass is 9.92. The molecule has 2 saturated carbocycles. The largest absolute Gasteiger partial charge is 0.490 e. The van der Waals surface area contributed by atoms with E-state index in [1.165, 1.54) is 59.8 Å². The number of nitrogens with zero attached hydrogens (tertiary/aromatic N) is 1. The molecule has 2 heterocycles. The standard InChI is InChI=1S/C27H32N2O2.C7H12O2/c1-18(2)26-24-12-11-23(31-22-13-15-30-16-14-22)17-25(24)29(21-5-4-6-21)27(26)19-7-9-20(28-3)10-8-19;1-2-7(9-5-8)6-3-4-6/h7-12,17,21-22,28H,1,4-6,13-16H2,2-3H3;5-7H,2-4H2,1H3. The van der Waals surface area contributed by atoms with E-state index < -0.39 is 0 Å². The molecule has 2 aliphatic carbocycles. The van der Waals surface area contributed by atoms with Crippen LogP contribution < -0.4 is 10.1 Å². The molecular weight excluding hydrogens is 500 g/mol. The fourth-order valence-electron chi connectivity index (χ4n) is 5.96. The number of carbonyl (C=O) groups is 1. The zero-order valence-corrected chi connectivity index (χ0v) is 24.3. The van der Waals surface area contributed by atoms with Gasteiger partial charge in [-0.3, -0.25) is 4.79 Å². The number of allylic oxidation sites excluding steroid dienone is 1. The van der Waals surface area contributed by atoms with Gasteiger partial charge in [-0.15, -0.1) is 0 Å². The average molecular weight is 545 g/mol. The molecule has 0 radical (unpaired) electrons. The highest BCUT2D eigenvalue weighted by atomic mass is 16.5. The lowest BCUT2D eigenvalue weighted by molar-refractivity contribution is -0.134. The highest BCUT2D eigenvalue weighted by molar-refractivity contribution is 6.01. The van der Waals surface area contributed by atoms with E-state index in [-0.39, 0.29) is 12.2 Å². The molecule has 40 heavy (non-hydrogen) atoms. The van der Waals surface area contributed by atoms with Gasteiger partial charge in [0.25, 0.3) is 6.47 Å². The summed E-state index contributed by atoms with van der Waals surface area (Å²) in [6.07, 6.45) is 9.57. The summed E-state index contributed by atoms with van der Waals surface area (Å²) < 4.78 is 19.3. The van der Waals surface area contributed by atoms with Crippen molar-refractivity contribution in [3.63, 3.8) is 0 Å². The van der Waals surface area contributed by atoms with Crippen molar-refractivity contribution in [2.75, 3.05) is 25.6 Å². The minimum atomic E-state index is 0.211. The van der Waals surface area contributed by atoms with E-state index in [0.717, 1.165) is 49.5 Å². The first kappa shape index (κ1) is 28.3. The molecule has 3 fully saturated rings. The second-order valence-electron chi connectivity index (χ2n) is 11.4. The normalized spacial score (nSPS) is 18.3. The second kappa shape index (κ2) is 12.9. The minimum Gasteiger partial charge on any atom is -0.490 e. The number of hydrogen-bond donors (Lipinski definition) is 1. The van der Waals surface area contributed by atoms with Gasteiger partial charge in [-0.2, -0.15) is 0 Å². The fourth-order valence-corrected chi connectivity index (χ4v) is 5.96. The number of carbonyl (C=O) groups excluding carboxylic acids is 1. The molecule has 1 aliphatic heterocycles. The van der Waals surface area contributed by atoms with Gasteiger partial charge < -0.3 is 24.1 Å². The van der Waals surface area contributed by atoms with Crippen molar-refractivity contribution in [1.82, 2.24) is 4.57 Å². The van der Waals surface area contributed by atoms with Crippen LogP contribution in [0.3, 0.4) is 0 Å². The van der Waals surface area contributed by atoms with Gasteiger partial charge in [-0.25, -0.2) is 0 Å². The molecule has 214 valence electrons. The number of anilines is 1. The van der Waals surface area contributed by atoms with Gasteiger partial charge in [-0.1, -0.05) is 25.6 Å². The van der Waals surface area contributed by atoms with Gasteiger partial charge in [0, 0.05) is 48.6 Å². The molecule has 0 bridgehead atoms. The molecule has 6 nitrogen and oxygen atoms in total. The summed E-state index contributed by atoms with van der Waals surface area (Å²) in [6, 6.07) is 15.9. The predicted octanol–water partition coefficient (Wildman–Crippen LogP) is 8.01. The number of rotatable bonds is 10. The van der Waals surface area contributed by atoms with Crippen LogP contribution in [0.5, 0.6) is 5.75 Å². The van der Waals surface area contributed by atoms with Crippen molar-refractivity contribution in [3.05, 3.63) is 54.6 Å². The summed E-state index contributed by atoms with van der Waals surface area (Å²) in [7, 11) is 1.96. The molecule has 1 aromatic heterocycles. The Balaban J connectivity index is 0.000000306. The maximum Gasteiger partial charge on any atom is 0.293 e. The van der Waals surface area contributed by atoms with Gasteiger partial charge >= 0.3 is 0 Å². The first-order chi connectivity index (χ1) is 19.5. The molecular formula is C34H44N2O4. The summed E-state index contributed by atoms with van der Waals surface area (Å²) in [6.45, 7) is 10.7. The van der Waals surface area contributed by atoms with Crippen molar-refractivity contribution in [3.8, 4) is 17.0 Å². The maximum absolute atomic E-state index is 9.88. The number of ether oxygens (including phenoxy) is 3. The van der Waals surface area contributed by atoms with Crippen molar-refractivity contribution < 1.29 is 19.0 Å². The van der Waals surface area contributed by atoms with E-state index in [9.17, 15) is 4.79 Å². The Morgan fingerprint density at radius 1 is 1.10 bits per heavy atom. The first-order valence-corrected chi connectivity index (χ1v) is 15.0.